The summed E-state index contributed by atoms with van der Waals surface area (Å²) in [5, 5.41) is 14.8. The van der Waals surface area contributed by atoms with E-state index >= 15 is 0 Å². The van der Waals surface area contributed by atoms with Crippen LogP contribution < -0.4 is 26.6 Å². The van der Waals surface area contributed by atoms with Crippen molar-refractivity contribution in [1.29, 1.82) is 0 Å². The largest absolute Gasteiger partial charge is 0.454 e. The molecule has 0 aromatic heterocycles. The molecule has 0 radical (unpaired) electrons. The fraction of sp³-hybridized carbons (Fsp3) is 0.774. The number of amides is 5. The van der Waals surface area contributed by atoms with E-state index in [0.29, 0.717) is 90.3 Å². The summed E-state index contributed by atoms with van der Waals surface area (Å²) in [6.45, 7) is 31.1. The molecule has 0 saturated heterocycles. The number of Topliss-reactive ketones (excluding diaryl/α,β-unsaturated/α-hetero) is 2. The molecule has 5 N–H and O–H groups in total. The first-order valence-electron chi connectivity index (χ1n) is 29.1. The smallest absolute Gasteiger partial charge is 0.407 e. The van der Waals surface area contributed by atoms with Crippen LogP contribution in [0.3, 0.4) is 0 Å². The van der Waals surface area contributed by atoms with Gasteiger partial charge in [0.1, 0.15) is 17.0 Å². The van der Waals surface area contributed by atoms with Crippen LogP contribution in [0.5, 0.6) is 0 Å². The summed E-state index contributed by atoms with van der Waals surface area (Å²) >= 11 is 0. The number of ketones is 2. The first-order chi connectivity index (χ1) is 35.6. The highest BCUT2D eigenvalue weighted by atomic mass is 16.6. The lowest BCUT2D eigenvalue weighted by molar-refractivity contribution is -0.163. The molecule has 1 aromatic rings. The number of rotatable bonds is 36. The molecule has 77 heavy (non-hydrogen) atoms. The average molecular weight is 1080 g/mol. The van der Waals surface area contributed by atoms with Crippen molar-refractivity contribution in [1.82, 2.24) is 26.6 Å². The van der Waals surface area contributed by atoms with Crippen LogP contribution in [0, 0.1) is 28.1 Å². The highest BCUT2D eigenvalue weighted by molar-refractivity contribution is 6.36. The molecule has 0 heterocycles. The first kappa shape index (κ1) is 70.2. The van der Waals surface area contributed by atoms with E-state index < -0.39 is 46.9 Å². The van der Waals surface area contributed by atoms with Crippen LogP contribution in [0.4, 0.5) is 4.79 Å². The second kappa shape index (κ2) is 34.9. The van der Waals surface area contributed by atoms with Gasteiger partial charge in [-0.15, -0.1) is 0 Å². The summed E-state index contributed by atoms with van der Waals surface area (Å²) in [5.74, 6) is -3.14. The van der Waals surface area contributed by atoms with Crippen molar-refractivity contribution in [2.24, 2.45) is 28.1 Å². The number of hydrogen-bond donors (Lipinski definition) is 5. The Bertz CT molecular complexity index is 1950. The third-order valence-electron chi connectivity index (χ3n) is 13.6. The van der Waals surface area contributed by atoms with Crippen molar-refractivity contribution >= 4 is 47.3 Å². The van der Waals surface area contributed by atoms with E-state index in [9.17, 15) is 38.4 Å². The van der Waals surface area contributed by atoms with Gasteiger partial charge in [-0.3, -0.25) is 28.8 Å². The average Bonchev–Trinajstić information content (AvgIpc) is 3.29. The zero-order valence-electron chi connectivity index (χ0n) is 50.7. The molecule has 0 aliphatic carbocycles. The molecule has 0 unspecified atom stereocenters. The maximum absolute atomic E-state index is 14.0. The molecule has 5 amide bonds. The lowest BCUT2D eigenvalue weighted by Crippen LogP contribution is -2.48. The van der Waals surface area contributed by atoms with Crippen LogP contribution in [0.15, 0.2) is 30.3 Å². The van der Waals surface area contributed by atoms with Crippen molar-refractivity contribution in [3.05, 3.63) is 35.9 Å². The van der Waals surface area contributed by atoms with E-state index in [4.69, 9.17) is 9.47 Å². The third-order valence-corrected chi connectivity index (χ3v) is 13.6. The van der Waals surface area contributed by atoms with Crippen LogP contribution in [0.2, 0.25) is 0 Å². The monoisotopic (exact) mass is 1080 g/mol. The highest BCUT2D eigenvalue weighted by Gasteiger charge is 2.34. The topological polar surface area (TPSA) is 215 Å². The Hall–Kier alpha value is -4.82. The molecule has 0 aliphatic rings. The number of alkyl carbamates (subject to hydrolysis) is 1. The van der Waals surface area contributed by atoms with E-state index in [-0.39, 0.29) is 71.0 Å². The van der Waals surface area contributed by atoms with Crippen molar-refractivity contribution in [3.63, 3.8) is 0 Å². The van der Waals surface area contributed by atoms with E-state index in [1.165, 1.54) is 5.56 Å². The maximum atomic E-state index is 14.0. The predicted molar refractivity (Wildman–Crippen MR) is 308 cm³/mol. The van der Waals surface area contributed by atoms with E-state index in [1.807, 2.05) is 30.3 Å². The number of esters is 1. The first-order valence-corrected chi connectivity index (χ1v) is 29.1. The van der Waals surface area contributed by atoms with Gasteiger partial charge in [-0.2, -0.15) is 0 Å². The molecule has 440 valence electrons. The normalized spacial score (nSPS) is 13.8. The summed E-state index contributed by atoms with van der Waals surface area (Å²) < 4.78 is 10.7. The van der Waals surface area contributed by atoms with Gasteiger partial charge in [0.15, 0.2) is 0 Å². The molecular formula is C62H107N5O10. The fourth-order valence-electron chi connectivity index (χ4n) is 8.86. The number of benzene rings is 1. The number of unbranched alkanes of at least 4 members (excludes halogenated alkanes) is 6. The molecule has 4 atom stereocenters. The van der Waals surface area contributed by atoms with Crippen LogP contribution in [-0.4, -0.2) is 90.2 Å². The van der Waals surface area contributed by atoms with Gasteiger partial charge in [-0.25, -0.2) is 9.59 Å². The van der Waals surface area contributed by atoms with Crippen molar-refractivity contribution in [2.45, 2.75) is 262 Å². The number of hydrogen-bond acceptors (Lipinski definition) is 10. The van der Waals surface area contributed by atoms with Gasteiger partial charge in [-0.05, 0) is 146 Å². The summed E-state index contributed by atoms with van der Waals surface area (Å²) in [6.07, 6.45) is 11.3. The second-order valence-electron chi connectivity index (χ2n) is 26.7. The molecule has 1 aromatic carbocycles. The highest BCUT2D eigenvalue weighted by Crippen LogP contribution is 2.36. The molecule has 0 bridgehead atoms. The minimum atomic E-state index is -1.19. The van der Waals surface area contributed by atoms with E-state index in [1.54, 1.807) is 41.5 Å². The second-order valence-corrected chi connectivity index (χ2v) is 26.7. The molecule has 1 rings (SSSR count). The van der Waals surface area contributed by atoms with Gasteiger partial charge in [0.2, 0.25) is 23.6 Å². The summed E-state index contributed by atoms with van der Waals surface area (Å²) in [4.78, 5) is 105. The quantitative estimate of drug-likeness (QED) is 0.0243. The maximum Gasteiger partial charge on any atom is 0.407 e. The Morgan fingerprint density at radius 3 is 1.61 bits per heavy atom. The SMILES string of the molecule is CC(C)(C)CC[C@H](CC(=O)N[C@@H](CCC(=O)NCCCCCCCC(=O)C[C@@H](CCCCNC(=O)OC(C)(C)C)C(=O)N[C@@H](CCCCNC(=O)CCCc1ccccc1)C(=O)C(=O)OC(C)(C)C)C(C)(C)C)C(C)(C)C. The fourth-order valence-corrected chi connectivity index (χ4v) is 8.86. The molecule has 0 spiro atoms. The zero-order chi connectivity index (χ0) is 58.5. The minimum Gasteiger partial charge on any atom is -0.454 e. The standard InChI is InChI=1S/C62H107N5O10/c1-58(2,3)39-38-47(59(4,5)6)44-53(71)67-50(60(7,8)9)36-37-52(70)64-40-25-18-16-17-22-33-48(68)43-46(32-23-26-42-65-57(75)77-62(13,14)15)55(73)66-49(54(72)56(74)76-61(10,11)12)34-24-27-41-63-51(69)35-28-31-45-29-20-19-21-30-45/h19-21,29-30,46-47,49-50H,16-18,22-28,31-44H2,1-15H3,(H,63,69)(H,64,70)(H,65,75)(H,66,73)(H,67,71)/t46-,47-,49+,50+/m1/s1. The minimum absolute atomic E-state index is 0.00429. The summed E-state index contributed by atoms with van der Waals surface area (Å²) in [5.41, 5.74) is -0.438. The Labute approximate surface area is 465 Å². The Morgan fingerprint density at radius 1 is 0.494 bits per heavy atom. The number of carbonyl (C=O) groups is 8. The van der Waals surface area contributed by atoms with Crippen molar-refractivity contribution in [3.8, 4) is 0 Å². The summed E-state index contributed by atoms with van der Waals surface area (Å²) in [7, 11) is 0. The van der Waals surface area contributed by atoms with Gasteiger partial charge in [-0.1, -0.05) is 118 Å². The lowest BCUT2D eigenvalue weighted by Gasteiger charge is -2.35. The molecule has 15 nitrogen and oxygen atoms in total. The summed E-state index contributed by atoms with van der Waals surface area (Å²) in [6, 6.07) is 8.63. The third kappa shape index (κ3) is 36.1. The Balaban J connectivity index is 2.80. The number of ether oxygens (including phenoxy) is 2. The molecule has 0 aliphatic heterocycles. The number of carbonyl (C=O) groups excluding carboxylic acids is 8. The van der Waals surface area contributed by atoms with Gasteiger partial charge in [0, 0.05) is 63.7 Å². The number of aryl methyl sites for hydroxylation is 1. The Morgan fingerprint density at radius 2 is 1.04 bits per heavy atom. The molecule has 0 saturated carbocycles. The van der Waals surface area contributed by atoms with Crippen LogP contribution in [-0.2, 0) is 49.5 Å². The van der Waals surface area contributed by atoms with E-state index in [0.717, 1.165) is 44.9 Å². The molecular weight excluding hydrogens is 975 g/mol. The molecule has 0 fully saturated rings. The van der Waals surface area contributed by atoms with Gasteiger partial charge < -0.3 is 36.1 Å². The van der Waals surface area contributed by atoms with Gasteiger partial charge >= 0.3 is 12.1 Å². The van der Waals surface area contributed by atoms with Gasteiger partial charge in [0.05, 0.1) is 6.04 Å². The number of nitrogens with one attached hydrogen (secondary N) is 5. The predicted octanol–water partition coefficient (Wildman–Crippen LogP) is 11.6. The van der Waals surface area contributed by atoms with Crippen LogP contribution in [0.25, 0.3) is 0 Å². The van der Waals surface area contributed by atoms with Crippen LogP contribution in [0.1, 0.15) is 238 Å². The lowest BCUT2D eigenvalue weighted by atomic mass is 9.73. The molecule has 15 heteroatoms. The zero-order valence-corrected chi connectivity index (χ0v) is 50.7. The van der Waals surface area contributed by atoms with E-state index in [2.05, 4.69) is 88.9 Å². The van der Waals surface area contributed by atoms with Gasteiger partial charge in [0.25, 0.3) is 5.78 Å². The van der Waals surface area contributed by atoms with Crippen molar-refractivity contribution in [2.75, 3.05) is 19.6 Å². The van der Waals surface area contributed by atoms with Crippen LogP contribution >= 0.6 is 0 Å². The Kier molecular flexibility index (Phi) is 31.8. The van der Waals surface area contributed by atoms with Crippen molar-refractivity contribution < 1.29 is 47.8 Å².